The number of hydrogen-bond donors (Lipinski definition) is 0. The molecule has 0 heterocycles. The van der Waals surface area contributed by atoms with Crippen LogP contribution in [0.15, 0.2) is 10.6 Å². The van der Waals surface area contributed by atoms with Gasteiger partial charge in [-0.3, -0.25) is 4.79 Å². The van der Waals surface area contributed by atoms with E-state index in [9.17, 15) is 4.79 Å². The molecule has 0 fully saturated rings. The standard InChI is InChI=1S/C4H5BrO/c1-4(2-5)3-6/h2-3H,1H3/b4-2+. The molecule has 0 aliphatic carbocycles. The summed E-state index contributed by atoms with van der Waals surface area (Å²) in [6, 6.07) is 0. The van der Waals surface area contributed by atoms with E-state index in [4.69, 9.17) is 0 Å². The normalized spacial score (nSPS) is 11.3. The minimum absolute atomic E-state index is 0.704. The summed E-state index contributed by atoms with van der Waals surface area (Å²) in [7, 11) is 0. The third-order valence-electron chi connectivity index (χ3n) is 0.358. The number of hydrogen-bond acceptors (Lipinski definition) is 1. The van der Waals surface area contributed by atoms with Gasteiger partial charge in [0.2, 0.25) is 0 Å². The molecule has 0 rings (SSSR count). The zero-order chi connectivity index (χ0) is 4.99. The van der Waals surface area contributed by atoms with Gasteiger partial charge in [0.25, 0.3) is 0 Å². The van der Waals surface area contributed by atoms with Crippen molar-refractivity contribution in [3.05, 3.63) is 10.6 Å². The van der Waals surface area contributed by atoms with Crippen molar-refractivity contribution in [2.24, 2.45) is 0 Å². The molecule has 0 saturated heterocycles. The molecule has 1 nitrogen and oxygen atoms in total. The van der Waals surface area contributed by atoms with Gasteiger partial charge in [-0.15, -0.1) is 0 Å². The van der Waals surface area contributed by atoms with Crippen LogP contribution in [0.5, 0.6) is 0 Å². The van der Waals surface area contributed by atoms with E-state index in [0.29, 0.717) is 5.57 Å². The van der Waals surface area contributed by atoms with Crippen LogP contribution in [0.4, 0.5) is 0 Å². The second kappa shape index (κ2) is 3.09. The van der Waals surface area contributed by atoms with Gasteiger partial charge < -0.3 is 0 Å². The lowest BCUT2D eigenvalue weighted by molar-refractivity contribution is -0.104. The molecule has 0 bridgehead atoms. The minimum Gasteiger partial charge on any atom is -0.298 e. The Morgan fingerprint density at radius 1 is 1.83 bits per heavy atom. The molecule has 0 aromatic heterocycles. The van der Waals surface area contributed by atoms with Crippen LogP contribution >= 0.6 is 15.9 Å². The van der Waals surface area contributed by atoms with Gasteiger partial charge in [0.15, 0.2) is 0 Å². The Labute approximate surface area is 45.2 Å². The van der Waals surface area contributed by atoms with Gasteiger partial charge in [0, 0.05) is 0 Å². The van der Waals surface area contributed by atoms with Crippen LogP contribution in [-0.4, -0.2) is 6.29 Å². The van der Waals surface area contributed by atoms with Gasteiger partial charge in [-0.05, 0) is 17.5 Å². The molecule has 0 saturated carbocycles. The average Bonchev–Trinajstić information content (AvgIpc) is 1.65. The maximum atomic E-state index is 9.64. The van der Waals surface area contributed by atoms with Crippen molar-refractivity contribution in [2.75, 3.05) is 0 Å². The maximum Gasteiger partial charge on any atom is 0.146 e. The molecule has 0 aromatic carbocycles. The number of allylic oxidation sites excluding steroid dienone is 1. The highest BCUT2D eigenvalue weighted by Gasteiger charge is 1.73. The Bertz CT molecular complexity index is 75.6. The SMILES string of the molecule is C/C(C=O)=C\Br. The highest BCUT2D eigenvalue weighted by Crippen LogP contribution is 1.89. The summed E-state index contributed by atoms with van der Waals surface area (Å²) in [4.78, 5) is 11.2. The molecule has 2 heteroatoms. The lowest BCUT2D eigenvalue weighted by Crippen LogP contribution is -1.68. The summed E-state index contributed by atoms with van der Waals surface area (Å²) in [6.45, 7) is 1.72. The largest absolute Gasteiger partial charge is 0.298 e. The van der Waals surface area contributed by atoms with Crippen molar-refractivity contribution >= 4 is 22.2 Å². The van der Waals surface area contributed by atoms with E-state index in [1.807, 2.05) is 0 Å². The lowest BCUT2D eigenvalue weighted by atomic mass is 10.4. The fraction of sp³-hybridized carbons (Fsp3) is 0.250. The number of carbonyl (C=O) groups excluding carboxylic acids is 1. The predicted octanol–water partition coefficient (Wildman–Crippen LogP) is 1.48. The highest BCUT2D eigenvalue weighted by molar-refractivity contribution is 9.11. The zero-order valence-corrected chi connectivity index (χ0v) is 5.03. The molecule has 0 unspecified atom stereocenters. The number of carbonyl (C=O) groups is 1. The molecule has 0 amide bonds. The van der Waals surface area contributed by atoms with Gasteiger partial charge in [0.1, 0.15) is 6.29 Å². The molecular formula is C4H5BrO. The van der Waals surface area contributed by atoms with Crippen LogP contribution in [-0.2, 0) is 4.79 Å². The number of halogens is 1. The van der Waals surface area contributed by atoms with Crippen LogP contribution in [0.2, 0.25) is 0 Å². The molecule has 0 aliphatic heterocycles. The van der Waals surface area contributed by atoms with E-state index < -0.39 is 0 Å². The predicted molar refractivity (Wildman–Crippen MR) is 28.7 cm³/mol. The minimum atomic E-state index is 0.704. The van der Waals surface area contributed by atoms with E-state index in [-0.39, 0.29) is 0 Å². The smallest absolute Gasteiger partial charge is 0.146 e. The molecule has 6 heavy (non-hydrogen) atoms. The lowest BCUT2D eigenvalue weighted by Gasteiger charge is -1.72. The first-order valence-electron chi connectivity index (χ1n) is 1.53. The average molecular weight is 149 g/mol. The third kappa shape index (κ3) is 2.15. The molecule has 0 radical (unpaired) electrons. The molecule has 0 aromatic rings. The summed E-state index contributed by atoms with van der Waals surface area (Å²) in [5.41, 5.74) is 0.704. The fourth-order valence-corrected chi connectivity index (χ4v) is 0.134. The topological polar surface area (TPSA) is 17.1 Å². The van der Waals surface area contributed by atoms with E-state index in [0.717, 1.165) is 6.29 Å². The Morgan fingerprint density at radius 2 is 2.33 bits per heavy atom. The Balaban J connectivity index is 3.50. The van der Waals surface area contributed by atoms with Crippen molar-refractivity contribution < 1.29 is 4.79 Å². The Kier molecular flexibility index (Phi) is 3.04. The Hall–Kier alpha value is -0.110. The zero-order valence-electron chi connectivity index (χ0n) is 3.44. The molecule has 0 atom stereocenters. The third-order valence-corrected chi connectivity index (χ3v) is 1.08. The van der Waals surface area contributed by atoms with Crippen molar-refractivity contribution in [2.45, 2.75) is 6.92 Å². The monoisotopic (exact) mass is 148 g/mol. The van der Waals surface area contributed by atoms with Gasteiger partial charge in [-0.2, -0.15) is 0 Å². The molecule has 0 spiro atoms. The highest BCUT2D eigenvalue weighted by atomic mass is 79.9. The summed E-state index contributed by atoms with van der Waals surface area (Å²) in [6.07, 6.45) is 0.786. The van der Waals surface area contributed by atoms with E-state index in [1.165, 1.54) is 0 Å². The van der Waals surface area contributed by atoms with Crippen LogP contribution in [0.3, 0.4) is 0 Å². The maximum absolute atomic E-state index is 9.64. The number of aldehydes is 1. The van der Waals surface area contributed by atoms with E-state index >= 15 is 0 Å². The second-order valence-corrected chi connectivity index (χ2v) is 1.43. The summed E-state index contributed by atoms with van der Waals surface area (Å²) >= 11 is 2.98. The van der Waals surface area contributed by atoms with Crippen molar-refractivity contribution in [1.29, 1.82) is 0 Å². The van der Waals surface area contributed by atoms with Crippen LogP contribution < -0.4 is 0 Å². The van der Waals surface area contributed by atoms with Crippen molar-refractivity contribution in [3.8, 4) is 0 Å². The first-order valence-corrected chi connectivity index (χ1v) is 2.45. The summed E-state index contributed by atoms with van der Waals surface area (Å²) in [5.74, 6) is 0. The molecule has 0 N–H and O–H groups in total. The van der Waals surface area contributed by atoms with Gasteiger partial charge in [0.05, 0.1) is 0 Å². The molecule has 34 valence electrons. The van der Waals surface area contributed by atoms with Crippen LogP contribution in [0, 0.1) is 0 Å². The quantitative estimate of drug-likeness (QED) is 0.407. The summed E-state index contributed by atoms with van der Waals surface area (Å²) in [5, 5.41) is 0. The molecular weight excluding hydrogens is 144 g/mol. The van der Waals surface area contributed by atoms with E-state index in [1.54, 1.807) is 11.9 Å². The second-order valence-electron chi connectivity index (χ2n) is 0.971. The van der Waals surface area contributed by atoms with Crippen molar-refractivity contribution in [1.82, 2.24) is 0 Å². The molecule has 0 aliphatic rings. The van der Waals surface area contributed by atoms with Gasteiger partial charge in [-0.1, -0.05) is 15.9 Å². The fourth-order valence-electron chi connectivity index (χ4n) is 0.0257. The van der Waals surface area contributed by atoms with Gasteiger partial charge >= 0.3 is 0 Å². The first kappa shape index (κ1) is 5.89. The Morgan fingerprint density at radius 3 is 2.33 bits per heavy atom. The van der Waals surface area contributed by atoms with Crippen LogP contribution in [0.1, 0.15) is 6.92 Å². The first-order chi connectivity index (χ1) is 2.81. The van der Waals surface area contributed by atoms with Crippen molar-refractivity contribution in [3.63, 3.8) is 0 Å². The summed E-state index contributed by atoms with van der Waals surface area (Å²) < 4.78 is 0. The van der Waals surface area contributed by atoms with Crippen LogP contribution in [0.25, 0.3) is 0 Å². The van der Waals surface area contributed by atoms with E-state index in [2.05, 4.69) is 15.9 Å². The number of rotatable bonds is 1. The van der Waals surface area contributed by atoms with Gasteiger partial charge in [-0.25, -0.2) is 0 Å².